The molecule has 0 heterocycles. The van der Waals surface area contributed by atoms with Gasteiger partial charge in [0.05, 0.1) is 22.7 Å². The highest BCUT2D eigenvalue weighted by Crippen LogP contribution is 2.50. The van der Waals surface area contributed by atoms with Gasteiger partial charge in [-0.15, -0.1) is 0 Å². The van der Waals surface area contributed by atoms with Crippen molar-refractivity contribution >= 4 is 66.4 Å². The van der Waals surface area contributed by atoms with Crippen LogP contribution in [0.25, 0.3) is 76.8 Å². The lowest BCUT2D eigenvalue weighted by atomic mass is 9.91. The molecule has 0 radical (unpaired) electrons. The van der Waals surface area contributed by atoms with Crippen LogP contribution in [-0.4, -0.2) is 0 Å². The van der Waals surface area contributed by atoms with Crippen LogP contribution in [0.1, 0.15) is 11.1 Å². The van der Waals surface area contributed by atoms with E-state index in [9.17, 15) is 17.6 Å². The first kappa shape index (κ1) is 46.0. The zero-order valence-electron chi connectivity index (χ0n) is 39.9. The largest absolute Gasteiger partial charge is 0.307 e. The molecule has 0 atom stereocenters. The van der Waals surface area contributed by atoms with E-state index in [0.29, 0.717) is 89.8 Å². The highest BCUT2D eigenvalue weighted by Gasteiger charge is 2.27. The third kappa shape index (κ3) is 8.24. The van der Waals surface area contributed by atoms with Crippen LogP contribution >= 0.6 is 0 Å². The molecule has 358 valence electrons. The second kappa shape index (κ2) is 18.5. The molecule has 0 bridgehead atoms. The molecule has 0 aromatic heterocycles. The van der Waals surface area contributed by atoms with E-state index in [1.807, 2.05) is 121 Å². The van der Waals surface area contributed by atoms with Crippen LogP contribution < -0.4 is 9.80 Å². The summed E-state index contributed by atoms with van der Waals surface area (Å²) in [5, 5.41) is 5.08. The summed E-state index contributed by atoms with van der Waals surface area (Å²) in [6.07, 6.45) is 0. The van der Waals surface area contributed by atoms with E-state index in [2.05, 4.69) is 0 Å². The van der Waals surface area contributed by atoms with Gasteiger partial charge in [-0.25, -0.2) is 26.3 Å². The summed E-state index contributed by atoms with van der Waals surface area (Å²) in [5.74, 6) is -2.66. The molecule has 0 spiro atoms. The summed E-state index contributed by atoms with van der Waals surface area (Å²) >= 11 is 0. The number of hydrogen-bond donors (Lipinski definition) is 0. The Labute approximate surface area is 423 Å². The number of nitrogens with zero attached hydrogens (tertiary/aromatic N) is 2. The smallest absolute Gasteiger partial charge is 0.147 e. The first-order chi connectivity index (χ1) is 35.9. The molecule has 12 aromatic carbocycles. The van der Waals surface area contributed by atoms with Crippen LogP contribution in [0.3, 0.4) is 0 Å². The molecular formula is C66H42F6N2. The Bertz CT molecular complexity index is 3730. The van der Waals surface area contributed by atoms with Gasteiger partial charge in [-0.1, -0.05) is 109 Å². The highest BCUT2D eigenvalue weighted by atomic mass is 19.1. The molecular weight excluding hydrogens is 935 g/mol. The molecule has 0 saturated carbocycles. The van der Waals surface area contributed by atoms with Gasteiger partial charge in [0.15, 0.2) is 0 Å². The maximum absolute atomic E-state index is 16.8. The molecule has 0 fully saturated rings. The second-order valence-electron chi connectivity index (χ2n) is 18.7. The van der Waals surface area contributed by atoms with Crippen molar-refractivity contribution in [3.05, 3.63) is 264 Å². The molecule has 8 heteroatoms. The van der Waals surface area contributed by atoms with E-state index in [1.54, 1.807) is 60.7 Å². The van der Waals surface area contributed by atoms with Crippen LogP contribution in [0.15, 0.2) is 218 Å². The maximum Gasteiger partial charge on any atom is 0.147 e. The van der Waals surface area contributed by atoms with Crippen LogP contribution in [-0.2, 0) is 0 Å². The monoisotopic (exact) mass is 976 g/mol. The van der Waals surface area contributed by atoms with E-state index < -0.39 is 34.9 Å². The van der Waals surface area contributed by atoms with Gasteiger partial charge in [-0.2, -0.15) is 0 Å². The van der Waals surface area contributed by atoms with Crippen LogP contribution in [0.2, 0.25) is 0 Å². The summed E-state index contributed by atoms with van der Waals surface area (Å²) in [4.78, 5) is 3.76. The van der Waals surface area contributed by atoms with Crippen molar-refractivity contribution < 1.29 is 26.3 Å². The molecule has 0 N–H and O–H groups in total. The Kier molecular flexibility index (Phi) is 11.5. The van der Waals surface area contributed by atoms with Crippen molar-refractivity contribution in [3.8, 4) is 44.5 Å². The van der Waals surface area contributed by atoms with E-state index in [-0.39, 0.29) is 0 Å². The van der Waals surface area contributed by atoms with Gasteiger partial charge in [0.2, 0.25) is 0 Å². The first-order valence-electron chi connectivity index (χ1n) is 24.1. The molecule has 0 aliphatic rings. The second-order valence-corrected chi connectivity index (χ2v) is 18.7. The fraction of sp³-hybridized carbons (Fsp3) is 0.0303. The average molecular weight is 977 g/mol. The maximum atomic E-state index is 16.8. The summed E-state index contributed by atoms with van der Waals surface area (Å²) in [6.45, 7) is 3.69. The molecule has 0 amide bonds. The van der Waals surface area contributed by atoms with Crippen molar-refractivity contribution in [1.82, 2.24) is 0 Å². The van der Waals surface area contributed by atoms with Gasteiger partial charge in [0.25, 0.3) is 0 Å². The fourth-order valence-electron chi connectivity index (χ4n) is 10.6. The third-order valence-corrected chi connectivity index (χ3v) is 13.9. The molecule has 2 nitrogen and oxygen atoms in total. The van der Waals surface area contributed by atoms with Crippen LogP contribution in [0.5, 0.6) is 0 Å². The molecule has 74 heavy (non-hydrogen) atoms. The normalized spacial score (nSPS) is 11.5. The summed E-state index contributed by atoms with van der Waals surface area (Å²) in [7, 11) is 0. The Morgan fingerprint density at radius 2 is 0.595 bits per heavy atom. The SMILES string of the molecule is Cc1cccc(F)c1N(c1cc(-c2cccc(F)c2)cc(-c2cccc(F)c2)c1)c1ccc2ccc3c(N(c4cc(-c5cccc(F)c5)cc(-c5cccc(F)c5)c4)c4c(C)cccc4F)ccc4ccc1c2c43. The molecule has 0 unspecified atom stereocenters. The third-order valence-electron chi connectivity index (χ3n) is 13.9. The van der Waals surface area contributed by atoms with Crippen LogP contribution in [0, 0.1) is 48.8 Å². The molecule has 12 rings (SSSR count). The zero-order valence-corrected chi connectivity index (χ0v) is 39.9. The predicted octanol–water partition coefficient (Wildman–Crippen LogP) is 19.6. The first-order valence-corrected chi connectivity index (χ1v) is 24.1. The van der Waals surface area contributed by atoms with Crippen molar-refractivity contribution in [3.63, 3.8) is 0 Å². The number of hydrogen-bond acceptors (Lipinski definition) is 2. The number of rotatable bonds is 10. The van der Waals surface area contributed by atoms with E-state index in [0.717, 1.165) is 32.3 Å². The van der Waals surface area contributed by atoms with Gasteiger partial charge in [0.1, 0.15) is 34.9 Å². The number of benzene rings is 12. The van der Waals surface area contributed by atoms with Gasteiger partial charge in [-0.3, -0.25) is 0 Å². The van der Waals surface area contributed by atoms with Gasteiger partial charge in [0, 0.05) is 22.1 Å². The lowest BCUT2D eigenvalue weighted by Gasteiger charge is -2.31. The number of aryl methyl sites for hydroxylation is 2. The van der Waals surface area contributed by atoms with Crippen molar-refractivity contribution in [1.29, 1.82) is 0 Å². The summed E-state index contributed by atoms with van der Waals surface area (Å²) in [6, 6.07) is 62.2. The summed E-state index contributed by atoms with van der Waals surface area (Å²) < 4.78 is 93.5. The van der Waals surface area contributed by atoms with Gasteiger partial charge < -0.3 is 9.80 Å². The highest BCUT2D eigenvalue weighted by molar-refractivity contribution is 6.28. The Morgan fingerprint density at radius 1 is 0.284 bits per heavy atom. The Morgan fingerprint density at radius 3 is 0.905 bits per heavy atom. The standard InChI is InChI=1S/C66H42F6N2/c1-39-9-3-19-59(71)65(39)73(55-35-47(43-11-5-15-51(67)31-43)29-48(36-55)44-12-6-16-52(68)32-44)61-27-23-41-22-26-58-62(28-24-42-21-25-57(61)63(41)64(42)58)74(66-40(2)10-4-20-60(66)72)56-37-49(45-13-7-17-53(69)33-45)30-50(38-56)46-14-8-18-54(70)34-46/h3-38H,1-2H3. The minimum Gasteiger partial charge on any atom is -0.307 e. The molecule has 0 aliphatic carbocycles. The fourth-order valence-corrected chi connectivity index (χ4v) is 10.6. The minimum absolute atomic E-state index is 0.290. The lowest BCUT2D eigenvalue weighted by Crippen LogP contribution is -2.15. The van der Waals surface area contributed by atoms with Crippen LogP contribution in [0.4, 0.5) is 60.5 Å². The predicted molar refractivity (Wildman–Crippen MR) is 290 cm³/mol. The molecule has 12 aromatic rings. The number of halogens is 6. The summed E-state index contributed by atoms with van der Waals surface area (Å²) in [5.41, 5.74) is 9.09. The minimum atomic E-state index is -0.476. The van der Waals surface area contributed by atoms with Crippen molar-refractivity contribution in [2.24, 2.45) is 0 Å². The topological polar surface area (TPSA) is 6.48 Å². The Balaban J connectivity index is 1.13. The van der Waals surface area contributed by atoms with Gasteiger partial charge in [-0.05, 0) is 200 Å². The lowest BCUT2D eigenvalue weighted by molar-refractivity contribution is 0.627. The van der Waals surface area contributed by atoms with Crippen molar-refractivity contribution in [2.75, 3.05) is 9.80 Å². The van der Waals surface area contributed by atoms with E-state index in [4.69, 9.17) is 0 Å². The van der Waals surface area contributed by atoms with E-state index in [1.165, 1.54) is 60.7 Å². The van der Waals surface area contributed by atoms with Crippen molar-refractivity contribution in [2.45, 2.75) is 13.8 Å². The molecule has 0 saturated heterocycles. The van der Waals surface area contributed by atoms with Gasteiger partial charge >= 0.3 is 0 Å². The zero-order chi connectivity index (χ0) is 50.8. The number of anilines is 6. The number of para-hydroxylation sites is 2. The molecule has 0 aliphatic heterocycles. The Hall–Kier alpha value is -9.14. The average Bonchev–Trinajstić information content (AvgIpc) is 3.41. The van der Waals surface area contributed by atoms with E-state index >= 15 is 8.78 Å². The quantitative estimate of drug-likeness (QED) is 0.0995.